The van der Waals surface area contributed by atoms with Gasteiger partial charge in [-0.2, -0.15) is 5.10 Å². The molecule has 2 aromatic heterocycles. The maximum Gasteiger partial charge on any atom is 0.278 e. The Bertz CT molecular complexity index is 1200. The van der Waals surface area contributed by atoms with Crippen LogP contribution in [-0.4, -0.2) is 33.8 Å². The molecule has 33 heavy (non-hydrogen) atoms. The van der Waals surface area contributed by atoms with Crippen LogP contribution in [0.5, 0.6) is 5.75 Å². The van der Waals surface area contributed by atoms with Crippen LogP contribution >= 0.6 is 23.1 Å². The highest BCUT2D eigenvalue weighted by atomic mass is 32.2. The Balaban J connectivity index is 1.50. The molecule has 0 atom stereocenters. The van der Waals surface area contributed by atoms with E-state index < -0.39 is 0 Å². The topological polar surface area (TPSA) is 61.2 Å². The van der Waals surface area contributed by atoms with Crippen LogP contribution in [0.1, 0.15) is 72.2 Å². The van der Waals surface area contributed by atoms with Crippen molar-refractivity contribution < 1.29 is 14.3 Å². The fourth-order valence-electron chi connectivity index (χ4n) is 4.83. The van der Waals surface area contributed by atoms with Crippen LogP contribution in [0.15, 0.2) is 40.7 Å². The minimum absolute atomic E-state index is 0.0727. The molecule has 0 spiro atoms. The molecule has 2 heterocycles. The fourth-order valence-corrected chi connectivity index (χ4v) is 7.94. The summed E-state index contributed by atoms with van der Waals surface area (Å²) in [6.45, 7) is 4.32. The highest BCUT2D eigenvalue weighted by Crippen LogP contribution is 2.50. The number of nitrogens with zero attached hydrogens (tertiary/aromatic N) is 2. The second-order valence-corrected chi connectivity index (χ2v) is 12.3. The quantitative estimate of drug-likeness (QED) is 0.417. The first kappa shape index (κ1) is 22.4. The summed E-state index contributed by atoms with van der Waals surface area (Å²) in [4.78, 5) is 27.2. The van der Waals surface area contributed by atoms with Gasteiger partial charge in [0.2, 0.25) is 0 Å². The lowest BCUT2D eigenvalue weighted by Gasteiger charge is -2.29. The van der Waals surface area contributed by atoms with Crippen LogP contribution < -0.4 is 4.74 Å². The maximum atomic E-state index is 13.2. The van der Waals surface area contributed by atoms with E-state index in [-0.39, 0.29) is 17.1 Å². The third-order valence-electron chi connectivity index (χ3n) is 6.49. The van der Waals surface area contributed by atoms with Gasteiger partial charge in [-0.25, -0.2) is 4.68 Å². The minimum atomic E-state index is -0.189. The van der Waals surface area contributed by atoms with E-state index in [1.54, 1.807) is 48.9 Å². The molecular formula is C26H28N2O3S2. The summed E-state index contributed by atoms with van der Waals surface area (Å²) < 4.78 is 7.72. The Morgan fingerprint density at radius 1 is 1.15 bits per heavy atom. The predicted octanol–water partition coefficient (Wildman–Crippen LogP) is 6.50. The molecular weight excluding hydrogens is 452 g/mol. The van der Waals surface area contributed by atoms with E-state index in [0.29, 0.717) is 23.0 Å². The molecule has 0 unspecified atom stereocenters. The molecule has 1 fully saturated rings. The highest BCUT2D eigenvalue weighted by molar-refractivity contribution is 8.01. The average Bonchev–Trinajstić information content (AvgIpc) is 3.53. The molecule has 0 aliphatic heterocycles. The monoisotopic (exact) mass is 480 g/mol. The number of aromatic nitrogens is 2. The summed E-state index contributed by atoms with van der Waals surface area (Å²) in [5.41, 5.74) is 3.27. The summed E-state index contributed by atoms with van der Waals surface area (Å²) >= 11 is 3.57. The minimum Gasteiger partial charge on any atom is -0.497 e. The molecule has 172 valence electrons. The van der Waals surface area contributed by atoms with Crippen molar-refractivity contribution in [2.24, 2.45) is 5.41 Å². The number of carbonyl (C=O) groups is 2. The van der Waals surface area contributed by atoms with Gasteiger partial charge >= 0.3 is 0 Å². The van der Waals surface area contributed by atoms with Crippen molar-refractivity contribution in [2.75, 3.05) is 7.11 Å². The van der Waals surface area contributed by atoms with Gasteiger partial charge in [-0.3, -0.25) is 9.59 Å². The molecule has 0 bridgehead atoms. The number of thiophene rings is 1. The lowest BCUT2D eigenvalue weighted by atomic mass is 9.74. The van der Waals surface area contributed by atoms with Crippen LogP contribution in [0.3, 0.4) is 0 Å². The first-order valence-electron chi connectivity index (χ1n) is 11.4. The van der Waals surface area contributed by atoms with E-state index in [1.807, 2.05) is 17.8 Å². The van der Waals surface area contributed by atoms with Gasteiger partial charge in [0.1, 0.15) is 11.4 Å². The van der Waals surface area contributed by atoms with Crippen LogP contribution in [0.25, 0.3) is 10.6 Å². The number of hydrogen-bond acceptors (Lipinski definition) is 6. The number of fused-ring (bicyclic) bond motifs is 1. The van der Waals surface area contributed by atoms with Crippen LogP contribution in [0.4, 0.5) is 0 Å². The van der Waals surface area contributed by atoms with Crippen molar-refractivity contribution in [3.63, 3.8) is 0 Å². The molecule has 0 amide bonds. The zero-order chi connectivity index (χ0) is 23.2. The molecule has 7 heteroatoms. The number of hydrogen-bond donors (Lipinski definition) is 0. The molecule has 5 rings (SSSR count). The smallest absolute Gasteiger partial charge is 0.278 e. The van der Waals surface area contributed by atoms with Crippen LogP contribution in [0, 0.1) is 5.41 Å². The number of ether oxygens (including phenoxy) is 1. The summed E-state index contributed by atoms with van der Waals surface area (Å²) in [6.07, 6.45) is 8.14. The summed E-state index contributed by atoms with van der Waals surface area (Å²) in [6, 6.07) is 8.92. The number of Topliss-reactive ketones (excluding diaryl/α,β-unsaturated/α-hetero) is 1. The van der Waals surface area contributed by atoms with E-state index in [1.165, 1.54) is 30.4 Å². The van der Waals surface area contributed by atoms with Crippen molar-refractivity contribution in [3.05, 3.63) is 53.2 Å². The van der Waals surface area contributed by atoms with Gasteiger partial charge in [0.05, 0.1) is 16.2 Å². The van der Waals surface area contributed by atoms with Gasteiger partial charge in [0, 0.05) is 29.0 Å². The van der Waals surface area contributed by atoms with Gasteiger partial charge in [0.25, 0.3) is 5.91 Å². The van der Waals surface area contributed by atoms with Gasteiger partial charge in [-0.1, -0.05) is 26.7 Å². The van der Waals surface area contributed by atoms with Crippen molar-refractivity contribution in [2.45, 2.75) is 61.8 Å². The van der Waals surface area contributed by atoms with E-state index in [0.717, 1.165) is 32.3 Å². The average molecular weight is 481 g/mol. The third kappa shape index (κ3) is 4.41. The normalized spacial score (nSPS) is 17.8. The van der Waals surface area contributed by atoms with Crippen molar-refractivity contribution in [3.8, 4) is 16.3 Å². The summed E-state index contributed by atoms with van der Waals surface area (Å²) in [7, 11) is 1.60. The standard InChI is InChI=1S/C26H28N2O3S2/c1-26(2)14-19-22(21(29)15-26)25(32-18-6-4-5-7-18)33-23(19)20-12-13-28(27-20)24(30)16-8-10-17(31-3)11-9-16/h8-13,18H,4-7,14-15H2,1-3H3. The Kier molecular flexibility index (Phi) is 5.95. The zero-order valence-corrected chi connectivity index (χ0v) is 20.9. The molecule has 0 N–H and O–H groups in total. The lowest BCUT2D eigenvalue weighted by molar-refractivity contribution is 0.0908. The number of rotatable bonds is 5. The molecule has 0 saturated heterocycles. The molecule has 1 saturated carbocycles. The van der Waals surface area contributed by atoms with Gasteiger partial charge in [-0.05, 0) is 60.6 Å². The summed E-state index contributed by atoms with van der Waals surface area (Å²) in [5.74, 6) is 0.766. The van der Waals surface area contributed by atoms with Crippen molar-refractivity contribution in [1.29, 1.82) is 0 Å². The number of ketones is 1. The van der Waals surface area contributed by atoms with E-state index in [4.69, 9.17) is 4.74 Å². The first-order chi connectivity index (χ1) is 15.8. The second-order valence-electron chi connectivity index (χ2n) is 9.72. The zero-order valence-electron chi connectivity index (χ0n) is 19.2. The Hall–Kier alpha value is -2.38. The summed E-state index contributed by atoms with van der Waals surface area (Å²) in [5, 5.41) is 5.25. The first-order valence-corrected chi connectivity index (χ1v) is 13.1. The Morgan fingerprint density at radius 3 is 2.58 bits per heavy atom. The number of carbonyl (C=O) groups excluding carboxylic acids is 2. The lowest BCUT2D eigenvalue weighted by Crippen LogP contribution is -2.26. The Labute approximate surface area is 202 Å². The molecule has 2 aliphatic carbocycles. The van der Waals surface area contributed by atoms with E-state index in [2.05, 4.69) is 18.9 Å². The third-order valence-corrected chi connectivity index (χ3v) is 9.30. The van der Waals surface area contributed by atoms with Crippen LogP contribution in [0.2, 0.25) is 0 Å². The SMILES string of the molecule is COc1ccc(C(=O)n2ccc(-c3sc(SC4CCCC4)c4c3CC(C)(C)CC4=O)n2)cc1. The fraction of sp³-hybridized carbons (Fsp3) is 0.423. The van der Waals surface area contributed by atoms with Crippen molar-refractivity contribution >= 4 is 34.8 Å². The highest BCUT2D eigenvalue weighted by Gasteiger charge is 2.37. The van der Waals surface area contributed by atoms with Gasteiger partial charge < -0.3 is 4.74 Å². The largest absolute Gasteiger partial charge is 0.497 e. The Morgan fingerprint density at radius 2 is 1.88 bits per heavy atom. The maximum absolute atomic E-state index is 13.2. The van der Waals surface area contributed by atoms with Gasteiger partial charge in [0.15, 0.2) is 5.78 Å². The van der Waals surface area contributed by atoms with E-state index in [9.17, 15) is 9.59 Å². The number of methoxy groups -OCH3 is 1. The molecule has 1 aromatic carbocycles. The van der Waals surface area contributed by atoms with Crippen LogP contribution in [-0.2, 0) is 6.42 Å². The molecule has 5 nitrogen and oxygen atoms in total. The number of benzene rings is 1. The predicted molar refractivity (Wildman–Crippen MR) is 133 cm³/mol. The number of thioether (sulfide) groups is 1. The molecule has 3 aromatic rings. The van der Waals surface area contributed by atoms with Crippen molar-refractivity contribution in [1.82, 2.24) is 9.78 Å². The second kappa shape index (κ2) is 8.76. The van der Waals surface area contributed by atoms with E-state index >= 15 is 0 Å². The molecule has 0 radical (unpaired) electrons. The molecule has 2 aliphatic rings. The van der Waals surface area contributed by atoms with Gasteiger partial charge in [-0.15, -0.1) is 23.1 Å².